The average Bonchev–Trinajstić information content (AvgIpc) is 2.79. The van der Waals surface area contributed by atoms with E-state index in [2.05, 4.69) is 33.6 Å². The zero-order valence-corrected chi connectivity index (χ0v) is 10.5. The highest BCUT2D eigenvalue weighted by Crippen LogP contribution is 2.19. The van der Waals surface area contributed by atoms with Gasteiger partial charge >= 0.3 is 0 Å². The van der Waals surface area contributed by atoms with E-state index >= 15 is 0 Å². The molecule has 1 saturated heterocycles. The second-order valence-corrected chi connectivity index (χ2v) is 4.73. The van der Waals surface area contributed by atoms with Gasteiger partial charge in [0, 0.05) is 25.4 Å². The SMILES string of the molecule is CCc1nccn1CC1CCN(CC#N)CC1. The van der Waals surface area contributed by atoms with Gasteiger partial charge in [-0.2, -0.15) is 5.26 Å². The van der Waals surface area contributed by atoms with E-state index in [1.807, 2.05) is 6.20 Å². The fraction of sp³-hybridized carbons (Fsp3) is 0.692. The largest absolute Gasteiger partial charge is 0.335 e. The zero-order chi connectivity index (χ0) is 12.1. The topological polar surface area (TPSA) is 44.9 Å². The van der Waals surface area contributed by atoms with Gasteiger partial charge in [-0.15, -0.1) is 0 Å². The summed E-state index contributed by atoms with van der Waals surface area (Å²) in [5.41, 5.74) is 0. The number of nitriles is 1. The predicted octanol–water partition coefficient (Wildman–Crippen LogP) is 1.68. The highest BCUT2D eigenvalue weighted by atomic mass is 15.1. The minimum absolute atomic E-state index is 0.581. The summed E-state index contributed by atoms with van der Waals surface area (Å²) in [6.45, 7) is 5.94. The molecule has 0 atom stereocenters. The molecule has 1 aliphatic heterocycles. The molecule has 1 aliphatic rings. The van der Waals surface area contributed by atoms with Gasteiger partial charge in [0.25, 0.3) is 0 Å². The highest BCUT2D eigenvalue weighted by molar-refractivity contribution is 4.92. The molecule has 1 fully saturated rings. The van der Waals surface area contributed by atoms with Gasteiger partial charge in [0.2, 0.25) is 0 Å². The van der Waals surface area contributed by atoms with Crippen LogP contribution in [0.2, 0.25) is 0 Å². The molecule has 17 heavy (non-hydrogen) atoms. The number of rotatable bonds is 4. The van der Waals surface area contributed by atoms with Gasteiger partial charge in [-0.1, -0.05) is 6.92 Å². The second-order valence-electron chi connectivity index (χ2n) is 4.73. The number of hydrogen-bond donors (Lipinski definition) is 0. The van der Waals surface area contributed by atoms with Crippen molar-refractivity contribution in [2.45, 2.75) is 32.7 Å². The predicted molar refractivity (Wildman–Crippen MR) is 66.4 cm³/mol. The summed E-state index contributed by atoms with van der Waals surface area (Å²) >= 11 is 0. The molecule has 0 saturated carbocycles. The Morgan fingerprint density at radius 1 is 1.47 bits per heavy atom. The molecule has 2 heterocycles. The molecule has 1 aromatic rings. The van der Waals surface area contributed by atoms with Crippen molar-refractivity contribution in [1.29, 1.82) is 5.26 Å². The fourth-order valence-corrected chi connectivity index (χ4v) is 2.53. The summed E-state index contributed by atoms with van der Waals surface area (Å²) in [5.74, 6) is 1.92. The summed E-state index contributed by atoms with van der Waals surface area (Å²) in [6, 6.07) is 2.23. The number of imidazole rings is 1. The maximum Gasteiger partial charge on any atom is 0.108 e. The Morgan fingerprint density at radius 3 is 2.88 bits per heavy atom. The quantitative estimate of drug-likeness (QED) is 0.742. The first-order chi connectivity index (χ1) is 8.33. The van der Waals surface area contributed by atoms with Gasteiger partial charge in [0.1, 0.15) is 5.82 Å². The third kappa shape index (κ3) is 3.07. The van der Waals surface area contributed by atoms with Crippen LogP contribution in [0.5, 0.6) is 0 Å². The summed E-state index contributed by atoms with van der Waals surface area (Å²) < 4.78 is 2.28. The normalized spacial score (nSPS) is 18.1. The first-order valence-corrected chi connectivity index (χ1v) is 6.42. The lowest BCUT2D eigenvalue weighted by Gasteiger charge is -2.30. The standard InChI is InChI=1S/C13H20N4/c1-2-13-15-6-10-17(13)11-12-3-7-16(8-4-12)9-5-14/h6,10,12H,2-4,7-9,11H2,1H3. The summed E-state index contributed by atoms with van der Waals surface area (Å²) in [7, 11) is 0. The van der Waals surface area contributed by atoms with Crippen LogP contribution in [0, 0.1) is 17.2 Å². The summed E-state index contributed by atoms with van der Waals surface area (Å²) in [6.07, 6.45) is 7.37. The van der Waals surface area contributed by atoms with E-state index in [-0.39, 0.29) is 0 Å². The first kappa shape index (κ1) is 12.1. The van der Waals surface area contributed by atoms with E-state index in [1.54, 1.807) is 0 Å². The Labute approximate surface area is 103 Å². The average molecular weight is 232 g/mol. The molecule has 0 unspecified atom stereocenters. The van der Waals surface area contributed by atoms with Gasteiger partial charge in [-0.05, 0) is 31.8 Å². The van der Waals surface area contributed by atoms with E-state index < -0.39 is 0 Å². The lowest BCUT2D eigenvalue weighted by atomic mass is 9.96. The number of likely N-dealkylation sites (tertiary alicyclic amines) is 1. The van der Waals surface area contributed by atoms with Crippen molar-refractivity contribution >= 4 is 0 Å². The number of aromatic nitrogens is 2. The Bertz CT molecular complexity index is 382. The van der Waals surface area contributed by atoms with Crippen molar-refractivity contribution in [3.8, 4) is 6.07 Å². The van der Waals surface area contributed by atoms with Gasteiger partial charge in [-0.25, -0.2) is 4.98 Å². The smallest absolute Gasteiger partial charge is 0.108 e. The van der Waals surface area contributed by atoms with Crippen LogP contribution in [0.1, 0.15) is 25.6 Å². The number of piperidine rings is 1. The van der Waals surface area contributed by atoms with Crippen LogP contribution in [0.25, 0.3) is 0 Å². The Kier molecular flexibility index (Phi) is 4.16. The molecule has 0 spiro atoms. The van der Waals surface area contributed by atoms with Crippen molar-refractivity contribution in [3.05, 3.63) is 18.2 Å². The van der Waals surface area contributed by atoms with Crippen LogP contribution in [0.15, 0.2) is 12.4 Å². The molecule has 92 valence electrons. The van der Waals surface area contributed by atoms with Crippen LogP contribution in [0.3, 0.4) is 0 Å². The lowest BCUT2D eigenvalue weighted by Crippen LogP contribution is -2.35. The maximum absolute atomic E-state index is 8.66. The minimum Gasteiger partial charge on any atom is -0.335 e. The monoisotopic (exact) mass is 232 g/mol. The second kappa shape index (κ2) is 5.83. The van der Waals surface area contributed by atoms with Crippen molar-refractivity contribution in [1.82, 2.24) is 14.5 Å². The van der Waals surface area contributed by atoms with Crippen molar-refractivity contribution < 1.29 is 0 Å². The Morgan fingerprint density at radius 2 is 2.24 bits per heavy atom. The molecular formula is C13H20N4. The third-order valence-corrected chi connectivity index (χ3v) is 3.57. The van der Waals surface area contributed by atoms with Gasteiger partial charge in [-0.3, -0.25) is 4.90 Å². The molecule has 0 bridgehead atoms. The number of hydrogen-bond acceptors (Lipinski definition) is 3. The van der Waals surface area contributed by atoms with E-state index in [4.69, 9.17) is 5.26 Å². The molecule has 4 heteroatoms. The minimum atomic E-state index is 0.581. The third-order valence-electron chi connectivity index (χ3n) is 3.57. The van der Waals surface area contributed by atoms with Crippen LogP contribution >= 0.6 is 0 Å². The summed E-state index contributed by atoms with van der Waals surface area (Å²) in [4.78, 5) is 6.60. The van der Waals surface area contributed by atoms with Crippen LogP contribution < -0.4 is 0 Å². The molecule has 1 aromatic heterocycles. The van der Waals surface area contributed by atoms with Gasteiger partial charge in [0.15, 0.2) is 0 Å². The van der Waals surface area contributed by atoms with Crippen LogP contribution in [-0.2, 0) is 13.0 Å². The molecule has 0 N–H and O–H groups in total. The maximum atomic E-state index is 8.66. The fourth-order valence-electron chi connectivity index (χ4n) is 2.53. The molecule has 0 radical (unpaired) electrons. The number of nitrogens with zero attached hydrogens (tertiary/aromatic N) is 4. The summed E-state index contributed by atoms with van der Waals surface area (Å²) in [5, 5.41) is 8.66. The molecule has 0 amide bonds. The van der Waals surface area contributed by atoms with E-state index in [0.29, 0.717) is 6.54 Å². The van der Waals surface area contributed by atoms with Gasteiger partial charge < -0.3 is 4.57 Å². The van der Waals surface area contributed by atoms with Gasteiger partial charge in [0.05, 0.1) is 12.6 Å². The lowest BCUT2D eigenvalue weighted by molar-refractivity contribution is 0.189. The molecule has 0 aromatic carbocycles. The van der Waals surface area contributed by atoms with Crippen molar-refractivity contribution in [2.24, 2.45) is 5.92 Å². The Hall–Kier alpha value is -1.34. The Balaban J connectivity index is 1.84. The zero-order valence-electron chi connectivity index (χ0n) is 10.5. The van der Waals surface area contributed by atoms with Crippen LogP contribution in [-0.4, -0.2) is 34.1 Å². The van der Waals surface area contributed by atoms with E-state index in [0.717, 1.165) is 32.0 Å². The molecule has 2 rings (SSSR count). The van der Waals surface area contributed by atoms with Crippen molar-refractivity contribution in [3.63, 3.8) is 0 Å². The molecule has 0 aliphatic carbocycles. The highest BCUT2D eigenvalue weighted by Gasteiger charge is 2.19. The van der Waals surface area contributed by atoms with Crippen molar-refractivity contribution in [2.75, 3.05) is 19.6 Å². The number of aryl methyl sites for hydroxylation is 1. The molecule has 4 nitrogen and oxygen atoms in total. The van der Waals surface area contributed by atoms with E-state index in [1.165, 1.54) is 18.7 Å². The first-order valence-electron chi connectivity index (χ1n) is 6.42. The molecular weight excluding hydrogens is 212 g/mol. The van der Waals surface area contributed by atoms with Crippen LogP contribution in [0.4, 0.5) is 0 Å². The van der Waals surface area contributed by atoms with E-state index in [9.17, 15) is 0 Å².